The van der Waals surface area contributed by atoms with Gasteiger partial charge in [-0.25, -0.2) is 0 Å². The smallest absolute Gasteiger partial charge is 0.162 e. The van der Waals surface area contributed by atoms with Gasteiger partial charge in [-0.15, -0.1) is 5.11 Å². The van der Waals surface area contributed by atoms with E-state index >= 15 is 0 Å². The summed E-state index contributed by atoms with van der Waals surface area (Å²) >= 11 is 0. The van der Waals surface area contributed by atoms with Gasteiger partial charge >= 0.3 is 0 Å². The third kappa shape index (κ3) is 2.84. The molecule has 0 heterocycles. The van der Waals surface area contributed by atoms with Crippen molar-refractivity contribution in [2.45, 2.75) is 6.92 Å². The van der Waals surface area contributed by atoms with Gasteiger partial charge in [0.25, 0.3) is 0 Å². The minimum Gasteiger partial charge on any atom is -0.294 e. The standard InChI is InChI=1S/C14H12N2O/c1-11(17)13-9-5-6-10-14(13)16-15-12-7-3-2-4-8-12/h2-10H,1H3. The molecule has 0 fully saturated rings. The van der Waals surface area contributed by atoms with E-state index < -0.39 is 0 Å². The first-order valence-electron chi connectivity index (χ1n) is 5.34. The Hall–Kier alpha value is -2.29. The monoisotopic (exact) mass is 224 g/mol. The van der Waals surface area contributed by atoms with Crippen molar-refractivity contribution >= 4 is 17.2 Å². The molecule has 2 aromatic carbocycles. The zero-order valence-electron chi connectivity index (χ0n) is 9.50. The molecule has 0 aromatic heterocycles. The Bertz CT molecular complexity index is 547. The Morgan fingerprint density at radius 2 is 1.53 bits per heavy atom. The van der Waals surface area contributed by atoms with Crippen LogP contribution in [0.4, 0.5) is 11.4 Å². The summed E-state index contributed by atoms with van der Waals surface area (Å²) in [5.41, 5.74) is 1.96. The number of carbonyl (C=O) groups is 1. The highest BCUT2D eigenvalue weighted by Gasteiger charge is 2.04. The zero-order valence-corrected chi connectivity index (χ0v) is 9.50. The number of carbonyl (C=O) groups excluding carboxylic acids is 1. The first kappa shape index (κ1) is 11.2. The lowest BCUT2D eigenvalue weighted by Gasteiger charge is -1.99. The molecule has 0 bridgehead atoms. The molecule has 0 amide bonds. The lowest BCUT2D eigenvalue weighted by atomic mass is 10.1. The molecular formula is C14H12N2O. The molecule has 2 aromatic rings. The van der Waals surface area contributed by atoms with Crippen molar-refractivity contribution in [2.24, 2.45) is 10.2 Å². The van der Waals surface area contributed by atoms with E-state index in [1.165, 1.54) is 6.92 Å². The van der Waals surface area contributed by atoms with Crippen molar-refractivity contribution in [3.8, 4) is 0 Å². The summed E-state index contributed by atoms with van der Waals surface area (Å²) in [4.78, 5) is 11.4. The van der Waals surface area contributed by atoms with Crippen LogP contribution in [0, 0.1) is 0 Å². The Labute approximate surface area is 99.8 Å². The van der Waals surface area contributed by atoms with Crippen molar-refractivity contribution in [3.05, 3.63) is 60.2 Å². The highest BCUT2D eigenvalue weighted by molar-refractivity contribution is 5.98. The molecule has 3 heteroatoms. The Balaban J connectivity index is 2.30. The van der Waals surface area contributed by atoms with Crippen molar-refractivity contribution in [2.75, 3.05) is 0 Å². The van der Waals surface area contributed by atoms with E-state index in [4.69, 9.17) is 0 Å². The van der Waals surface area contributed by atoms with Gasteiger partial charge in [-0.2, -0.15) is 5.11 Å². The van der Waals surface area contributed by atoms with Crippen LogP contribution < -0.4 is 0 Å². The SMILES string of the molecule is CC(=O)c1ccccc1N=Nc1ccccc1. The normalized spacial score (nSPS) is 10.6. The van der Waals surface area contributed by atoms with Crippen molar-refractivity contribution in [1.82, 2.24) is 0 Å². The molecule has 2 rings (SSSR count). The largest absolute Gasteiger partial charge is 0.294 e. The predicted molar refractivity (Wildman–Crippen MR) is 67.1 cm³/mol. The van der Waals surface area contributed by atoms with Gasteiger partial charge in [0.2, 0.25) is 0 Å². The number of Topliss-reactive ketones (excluding diaryl/α,β-unsaturated/α-hetero) is 1. The number of ketones is 1. The summed E-state index contributed by atoms with van der Waals surface area (Å²) in [5.74, 6) is -0.00684. The van der Waals surface area contributed by atoms with Crippen LogP contribution in [0.15, 0.2) is 64.8 Å². The van der Waals surface area contributed by atoms with Gasteiger partial charge in [-0.05, 0) is 31.2 Å². The Morgan fingerprint density at radius 3 is 2.24 bits per heavy atom. The van der Waals surface area contributed by atoms with E-state index in [0.717, 1.165) is 5.69 Å². The van der Waals surface area contributed by atoms with Gasteiger partial charge < -0.3 is 0 Å². The minimum atomic E-state index is -0.00684. The second-order valence-corrected chi connectivity index (χ2v) is 3.61. The van der Waals surface area contributed by atoms with Gasteiger partial charge in [-0.1, -0.05) is 30.3 Å². The van der Waals surface area contributed by atoms with Crippen molar-refractivity contribution < 1.29 is 4.79 Å². The molecule has 0 aliphatic heterocycles. The maximum atomic E-state index is 11.4. The van der Waals surface area contributed by atoms with Crippen LogP contribution in [-0.4, -0.2) is 5.78 Å². The second kappa shape index (κ2) is 5.16. The topological polar surface area (TPSA) is 41.8 Å². The van der Waals surface area contributed by atoms with E-state index in [2.05, 4.69) is 10.2 Å². The highest BCUT2D eigenvalue weighted by Crippen LogP contribution is 2.22. The molecule has 3 nitrogen and oxygen atoms in total. The van der Waals surface area contributed by atoms with Gasteiger partial charge in [0.1, 0.15) is 0 Å². The van der Waals surface area contributed by atoms with Crippen molar-refractivity contribution in [1.29, 1.82) is 0 Å². The van der Waals surface area contributed by atoms with E-state index in [1.54, 1.807) is 12.1 Å². The molecule has 0 saturated heterocycles. The number of hydrogen-bond acceptors (Lipinski definition) is 3. The molecule has 0 aliphatic rings. The average Bonchev–Trinajstić information content (AvgIpc) is 2.38. The zero-order chi connectivity index (χ0) is 12.1. The molecule has 0 N–H and O–H groups in total. The fourth-order valence-electron chi connectivity index (χ4n) is 1.46. The average molecular weight is 224 g/mol. The third-order valence-corrected chi connectivity index (χ3v) is 2.31. The minimum absolute atomic E-state index is 0.00684. The van der Waals surface area contributed by atoms with Crippen LogP contribution in [0.3, 0.4) is 0 Å². The van der Waals surface area contributed by atoms with Crippen LogP contribution in [0.5, 0.6) is 0 Å². The first-order chi connectivity index (χ1) is 8.27. The summed E-state index contributed by atoms with van der Waals surface area (Å²) in [6, 6.07) is 16.6. The molecule has 84 valence electrons. The summed E-state index contributed by atoms with van der Waals surface area (Å²) in [6.07, 6.45) is 0. The lowest BCUT2D eigenvalue weighted by molar-refractivity contribution is 0.101. The summed E-state index contributed by atoms with van der Waals surface area (Å²) in [6.45, 7) is 1.52. The molecule has 0 atom stereocenters. The van der Waals surface area contributed by atoms with Crippen LogP contribution in [0.25, 0.3) is 0 Å². The van der Waals surface area contributed by atoms with Crippen LogP contribution in [0.1, 0.15) is 17.3 Å². The number of hydrogen-bond donors (Lipinski definition) is 0. The molecule has 17 heavy (non-hydrogen) atoms. The second-order valence-electron chi connectivity index (χ2n) is 3.61. The van der Waals surface area contributed by atoms with E-state index in [9.17, 15) is 4.79 Å². The van der Waals surface area contributed by atoms with Gasteiger partial charge in [-0.3, -0.25) is 4.79 Å². The Kier molecular flexibility index (Phi) is 3.40. The lowest BCUT2D eigenvalue weighted by Crippen LogP contribution is -1.90. The third-order valence-electron chi connectivity index (χ3n) is 2.31. The number of rotatable bonds is 3. The number of azo groups is 1. The number of nitrogens with zero attached hydrogens (tertiary/aromatic N) is 2. The van der Waals surface area contributed by atoms with Gasteiger partial charge in [0.05, 0.1) is 11.4 Å². The molecular weight excluding hydrogens is 212 g/mol. The summed E-state index contributed by atoms with van der Waals surface area (Å²) < 4.78 is 0. The fourth-order valence-corrected chi connectivity index (χ4v) is 1.46. The van der Waals surface area contributed by atoms with E-state index in [-0.39, 0.29) is 5.78 Å². The maximum Gasteiger partial charge on any atom is 0.162 e. The fraction of sp³-hybridized carbons (Fsp3) is 0.0714. The summed E-state index contributed by atoms with van der Waals surface area (Å²) in [7, 11) is 0. The number of benzene rings is 2. The Morgan fingerprint density at radius 1 is 0.882 bits per heavy atom. The van der Waals surface area contributed by atoms with E-state index in [1.807, 2.05) is 42.5 Å². The first-order valence-corrected chi connectivity index (χ1v) is 5.34. The molecule has 0 spiro atoms. The molecule has 0 radical (unpaired) electrons. The van der Waals surface area contributed by atoms with Crippen LogP contribution in [-0.2, 0) is 0 Å². The quantitative estimate of drug-likeness (QED) is 0.566. The molecule has 0 saturated carbocycles. The van der Waals surface area contributed by atoms with E-state index in [0.29, 0.717) is 11.3 Å². The van der Waals surface area contributed by atoms with Crippen LogP contribution in [0.2, 0.25) is 0 Å². The highest BCUT2D eigenvalue weighted by atomic mass is 16.1. The summed E-state index contributed by atoms with van der Waals surface area (Å²) in [5, 5.41) is 8.19. The molecule has 0 aliphatic carbocycles. The van der Waals surface area contributed by atoms with Crippen molar-refractivity contribution in [3.63, 3.8) is 0 Å². The van der Waals surface area contributed by atoms with Gasteiger partial charge in [0.15, 0.2) is 5.78 Å². The predicted octanol–water partition coefficient (Wildman–Crippen LogP) is 4.30. The van der Waals surface area contributed by atoms with Crippen LogP contribution >= 0.6 is 0 Å². The molecule has 0 unspecified atom stereocenters. The maximum absolute atomic E-state index is 11.4. The van der Waals surface area contributed by atoms with Gasteiger partial charge in [0, 0.05) is 5.56 Å².